The van der Waals surface area contributed by atoms with Crippen LogP contribution in [-0.2, 0) is 15.6 Å². The molecule has 0 saturated carbocycles. The van der Waals surface area contributed by atoms with Crippen LogP contribution in [0.5, 0.6) is 0 Å². The number of aryl methyl sites for hydroxylation is 3. The summed E-state index contributed by atoms with van der Waals surface area (Å²) in [5.74, 6) is 0.394. The minimum absolute atomic E-state index is 0.00174. The zero-order chi connectivity index (χ0) is 18.9. The van der Waals surface area contributed by atoms with Gasteiger partial charge in [-0.05, 0) is 56.9 Å². The molecule has 1 aliphatic heterocycles. The number of hydrogen-bond donors (Lipinski definition) is 0. The van der Waals surface area contributed by atoms with Gasteiger partial charge in [-0.3, -0.25) is 4.79 Å². The van der Waals surface area contributed by atoms with Crippen LogP contribution in [0.4, 0.5) is 0 Å². The lowest BCUT2D eigenvalue weighted by Gasteiger charge is -2.32. The Hall–Kier alpha value is -2.08. The first-order chi connectivity index (χ1) is 12.3. The Morgan fingerprint density at radius 3 is 2.31 bits per heavy atom. The molecule has 0 atom stereocenters. The van der Waals surface area contributed by atoms with Gasteiger partial charge in [0.05, 0.1) is 11.5 Å². The van der Waals surface area contributed by atoms with E-state index in [0.29, 0.717) is 31.7 Å². The quantitative estimate of drug-likeness (QED) is 0.821. The topological polar surface area (TPSA) is 67.6 Å². The Kier molecular flexibility index (Phi) is 5.23. The maximum atomic E-state index is 12.9. The lowest BCUT2D eigenvalue weighted by Crippen LogP contribution is -2.43. The van der Waals surface area contributed by atoms with E-state index in [2.05, 4.69) is 0 Å². The number of rotatable bonds is 4. The third-order valence-electron chi connectivity index (χ3n) is 5.05. The number of piperidine rings is 1. The average Bonchev–Trinajstić information content (AvgIpc) is 3.06. The Labute approximate surface area is 154 Å². The summed E-state index contributed by atoms with van der Waals surface area (Å²) < 4.78 is 30.3. The molecule has 5 nitrogen and oxygen atoms in total. The van der Waals surface area contributed by atoms with Crippen molar-refractivity contribution >= 4 is 15.7 Å². The number of carbonyl (C=O) groups excluding carboxylic acids is 1. The van der Waals surface area contributed by atoms with Crippen LogP contribution in [-0.4, -0.2) is 37.6 Å². The second-order valence-electron chi connectivity index (χ2n) is 7.15. The number of nitrogens with zero attached hydrogens (tertiary/aromatic N) is 1. The van der Waals surface area contributed by atoms with E-state index in [9.17, 15) is 13.2 Å². The standard InChI is InChI=1S/C20H25NO4S/c1-14-11-15(2)19(16(3)12-14)20(22)21-8-6-18(7-9-21)26(23,24)13-17-5-4-10-25-17/h4-5,10-12,18H,6-9,13H2,1-3H3. The van der Waals surface area contributed by atoms with Crippen molar-refractivity contribution in [1.82, 2.24) is 4.90 Å². The Morgan fingerprint density at radius 1 is 1.15 bits per heavy atom. The van der Waals surface area contributed by atoms with Gasteiger partial charge in [0, 0.05) is 18.7 Å². The molecule has 1 amide bonds. The van der Waals surface area contributed by atoms with Crippen LogP contribution < -0.4 is 0 Å². The van der Waals surface area contributed by atoms with E-state index in [1.54, 1.807) is 17.0 Å². The molecule has 0 bridgehead atoms. The van der Waals surface area contributed by atoms with Crippen LogP contribution in [0.2, 0.25) is 0 Å². The second kappa shape index (κ2) is 7.27. The molecule has 3 rings (SSSR count). The summed E-state index contributed by atoms with van der Waals surface area (Å²) in [5, 5.41) is -0.420. The number of sulfone groups is 1. The fraction of sp³-hybridized carbons (Fsp3) is 0.450. The molecule has 1 aromatic heterocycles. The van der Waals surface area contributed by atoms with Crippen molar-refractivity contribution in [3.05, 3.63) is 58.5 Å². The van der Waals surface area contributed by atoms with Gasteiger partial charge >= 0.3 is 0 Å². The van der Waals surface area contributed by atoms with Crippen molar-refractivity contribution in [3.8, 4) is 0 Å². The highest BCUT2D eigenvalue weighted by Gasteiger charge is 2.33. The molecule has 1 aromatic carbocycles. The highest BCUT2D eigenvalue weighted by Crippen LogP contribution is 2.25. The van der Waals surface area contributed by atoms with Crippen LogP contribution in [0.1, 0.15) is 45.7 Å². The number of benzene rings is 1. The molecule has 140 valence electrons. The van der Waals surface area contributed by atoms with Crippen molar-refractivity contribution in [1.29, 1.82) is 0 Å². The van der Waals surface area contributed by atoms with Gasteiger partial charge in [0.1, 0.15) is 11.5 Å². The fourth-order valence-corrected chi connectivity index (χ4v) is 5.53. The van der Waals surface area contributed by atoms with Crippen molar-refractivity contribution in [3.63, 3.8) is 0 Å². The molecule has 0 N–H and O–H groups in total. The molecule has 1 fully saturated rings. The van der Waals surface area contributed by atoms with E-state index in [4.69, 9.17) is 4.42 Å². The van der Waals surface area contributed by atoms with Gasteiger partial charge in [0.2, 0.25) is 0 Å². The molecule has 0 aliphatic carbocycles. The average molecular weight is 375 g/mol. The van der Waals surface area contributed by atoms with Crippen LogP contribution in [0.25, 0.3) is 0 Å². The van der Waals surface area contributed by atoms with Crippen molar-refractivity contribution in [2.45, 2.75) is 44.6 Å². The van der Waals surface area contributed by atoms with E-state index < -0.39 is 15.1 Å². The van der Waals surface area contributed by atoms with Crippen LogP contribution >= 0.6 is 0 Å². The minimum Gasteiger partial charge on any atom is -0.468 e. The molecular formula is C20H25NO4S. The first-order valence-corrected chi connectivity index (χ1v) is 10.6. The summed E-state index contributed by atoms with van der Waals surface area (Å²) in [6.45, 7) is 6.85. The summed E-state index contributed by atoms with van der Waals surface area (Å²) in [5.41, 5.74) is 3.83. The Bertz CT molecular complexity index is 869. The predicted octanol–water partition coefficient (Wildman–Crippen LogP) is 3.42. The molecule has 0 radical (unpaired) electrons. The first kappa shape index (κ1) is 18.7. The lowest BCUT2D eigenvalue weighted by atomic mass is 9.98. The van der Waals surface area contributed by atoms with Gasteiger partial charge < -0.3 is 9.32 Å². The third-order valence-corrected chi connectivity index (χ3v) is 7.23. The molecule has 0 spiro atoms. The van der Waals surface area contributed by atoms with E-state index in [1.165, 1.54) is 6.26 Å². The smallest absolute Gasteiger partial charge is 0.254 e. The molecule has 0 unspecified atom stereocenters. The molecule has 2 heterocycles. The van der Waals surface area contributed by atoms with Gasteiger partial charge in [-0.1, -0.05) is 17.7 Å². The van der Waals surface area contributed by atoms with Gasteiger partial charge in [0.25, 0.3) is 5.91 Å². The van der Waals surface area contributed by atoms with Crippen molar-refractivity contribution < 1.29 is 17.6 Å². The lowest BCUT2D eigenvalue weighted by molar-refractivity contribution is 0.0724. The highest BCUT2D eigenvalue weighted by molar-refractivity contribution is 7.91. The predicted molar refractivity (Wildman–Crippen MR) is 101 cm³/mol. The number of furan rings is 1. The zero-order valence-electron chi connectivity index (χ0n) is 15.5. The van der Waals surface area contributed by atoms with Gasteiger partial charge in [-0.25, -0.2) is 8.42 Å². The van der Waals surface area contributed by atoms with Gasteiger partial charge in [-0.15, -0.1) is 0 Å². The highest BCUT2D eigenvalue weighted by atomic mass is 32.2. The summed E-state index contributed by atoms with van der Waals surface area (Å²) in [6.07, 6.45) is 2.43. The summed E-state index contributed by atoms with van der Waals surface area (Å²) in [7, 11) is -3.27. The maximum Gasteiger partial charge on any atom is 0.254 e. The summed E-state index contributed by atoms with van der Waals surface area (Å²) in [4.78, 5) is 14.7. The zero-order valence-corrected chi connectivity index (χ0v) is 16.3. The van der Waals surface area contributed by atoms with E-state index in [-0.39, 0.29) is 11.7 Å². The van der Waals surface area contributed by atoms with Crippen molar-refractivity contribution in [2.75, 3.05) is 13.1 Å². The monoisotopic (exact) mass is 375 g/mol. The SMILES string of the molecule is Cc1cc(C)c(C(=O)N2CCC(S(=O)(=O)Cc3ccco3)CC2)c(C)c1. The van der Waals surface area contributed by atoms with Crippen LogP contribution in [0.15, 0.2) is 34.9 Å². The largest absolute Gasteiger partial charge is 0.468 e. The number of amides is 1. The molecule has 1 saturated heterocycles. The van der Waals surface area contributed by atoms with Crippen LogP contribution in [0.3, 0.4) is 0 Å². The van der Waals surface area contributed by atoms with E-state index in [0.717, 1.165) is 22.3 Å². The maximum absolute atomic E-state index is 12.9. The van der Waals surface area contributed by atoms with Gasteiger partial charge in [0.15, 0.2) is 9.84 Å². The Morgan fingerprint density at radius 2 is 1.77 bits per heavy atom. The normalized spacial score (nSPS) is 16.0. The number of hydrogen-bond acceptors (Lipinski definition) is 4. The number of likely N-dealkylation sites (tertiary alicyclic amines) is 1. The summed E-state index contributed by atoms with van der Waals surface area (Å²) in [6, 6.07) is 7.40. The summed E-state index contributed by atoms with van der Waals surface area (Å²) >= 11 is 0. The molecule has 1 aliphatic rings. The minimum atomic E-state index is -3.27. The van der Waals surface area contributed by atoms with E-state index in [1.807, 2.05) is 32.9 Å². The van der Waals surface area contributed by atoms with Crippen molar-refractivity contribution in [2.24, 2.45) is 0 Å². The van der Waals surface area contributed by atoms with E-state index >= 15 is 0 Å². The van der Waals surface area contributed by atoms with Crippen LogP contribution in [0, 0.1) is 20.8 Å². The molecule has 2 aromatic rings. The first-order valence-electron chi connectivity index (χ1n) is 8.89. The van der Waals surface area contributed by atoms with Gasteiger partial charge in [-0.2, -0.15) is 0 Å². The molecule has 26 heavy (non-hydrogen) atoms. The molecular weight excluding hydrogens is 350 g/mol. The number of carbonyl (C=O) groups is 1. The third kappa shape index (κ3) is 3.85. The second-order valence-corrected chi connectivity index (χ2v) is 9.43. The fourth-order valence-electron chi connectivity index (χ4n) is 3.80. The Balaban J connectivity index is 1.68. The molecule has 6 heteroatoms.